The summed E-state index contributed by atoms with van der Waals surface area (Å²) in [5.41, 5.74) is 0.906. The van der Waals surface area contributed by atoms with Crippen molar-refractivity contribution in [2.75, 3.05) is 13.1 Å². The molecule has 0 saturated carbocycles. The number of amides is 1. The Morgan fingerprint density at radius 1 is 1.59 bits per heavy atom. The van der Waals surface area contributed by atoms with Crippen molar-refractivity contribution in [1.82, 2.24) is 20.2 Å². The van der Waals surface area contributed by atoms with E-state index in [1.807, 2.05) is 24.8 Å². The second-order valence-electron chi connectivity index (χ2n) is 4.25. The minimum absolute atomic E-state index is 0.0112. The first-order valence-electron chi connectivity index (χ1n) is 6.01. The van der Waals surface area contributed by atoms with Gasteiger partial charge in [0.05, 0.1) is 18.3 Å². The number of hydrogen-bond acceptors (Lipinski definition) is 4. The largest absolute Gasteiger partial charge is 0.335 e. The summed E-state index contributed by atoms with van der Waals surface area (Å²) in [7, 11) is 0. The van der Waals surface area contributed by atoms with Crippen molar-refractivity contribution < 1.29 is 4.79 Å². The second-order valence-corrected chi connectivity index (χ2v) is 4.25. The Morgan fingerprint density at radius 2 is 2.41 bits per heavy atom. The molecular formula is C12H18N4O. The lowest BCUT2D eigenvalue weighted by atomic mass is 10.2. The second kappa shape index (κ2) is 5.23. The van der Waals surface area contributed by atoms with Gasteiger partial charge in [0.2, 0.25) is 5.91 Å². The van der Waals surface area contributed by atoms with E-state index < -0.39 is 0 Å². The molecule has 0 aliphatic carbocycles. The number of aromatic nitrogens is 2. The molecule has 1 aliphatic heterocycles. The molecule has 1 unspecified atom stereocenters. The van der Waals surface area contributed by atoms with Gasteiger partial charge in [0.15, 0.2) is 0 Å². The van der Waals surface area contributed by atoms with Gasteiger partial charge in [-0.25, -0.2) is 9.97 Å². The number of carbonyl (C=O) groups is 1. The van der Waals surface area contributed by atoms with Gasteiger partial charge in [-0.15, -0.1) is 0 Å². The van der Waals surface area contributed by atoms with Crippen molar-refractivity contribution >= 4 is 5.91 Å². The van der Waals surface area contributed by atoms with E-state index in [1.54, 1.807) is 6.20 Å². The van der Waals surface area contributed by atoms with Gasteiger partial charge >= 0.3 is 0 Å². The molecule has 1 saturated heterocycles. The van der Waals surface area contributed by atoms with Crippen LogP contribution in [0.5, 0.6) is 0 Å². The minimum atomic E-state index is -0.0112. The van der Waals surface area contributed by atoms with E-state index >= 15 is 0 Å². The zero-order valence-electron chi connectivity index (χ0n) is 10.3. The third-order valence-corrected chi connectivity index (χ3v) is 2.93. The number of rotatable bonds is 4. The van der Waals surface area contributed by atoms with E-state index in [0.717, 1.165) is 31.0 Å². The highest BCUT2D eigenvalue weighted by atomic mass is 16.2. The number of nitrogens with zero attached hydrogens (tertiary/aromatic N) is 3. The van der Waals surface area contributed by atoms with Gasteiger partial charge < -0.3 is 10.2 Å². The first-order chi connectivity index (χ1) is 8.20. The summed E-state index contributed by atoms with van der Waals surface area (Å²) < 4.78 is 0. The van der Waals surface area contributed by atoms with Crippen LogP contribution in [0.1, 0.15) is 24.9 Å². The molecule has 1 aliphatic rings. The Morgan fingerprint density at radius 3 is 3.12 bits per heavy atom. The van der Waals surface area contributed by atoms with Crippen LogP contribution in [0.3, 0.4) is 0 Å². The normalized spacial score (nSPS) is 20.0. The number of aryl methyl sites for hydroxylation is 1. The molecular weight excluding hydrogens is 216 g/mol. The van der Waals surface area contributed by atoms with Crippen LogP contribution in [-0.4, -0.2) is 39.9 Å². The summed E-state index contributed by atoms with van der Waals surface area (Å²) in [5, 5.41) is 3.20. The molecule has 1 amide bonds. The van der Waals surface area contributed by atoms with Crippen LogP contribution >= 0.6 is 0 Å². The Kier molecular flexibility index (Phi) is 3.68. The van der Waals surface area contributed by atoms with Gasteiger partial charge in [-0.05, 0) is 26.0 Å². The molecule has 1 N–H and O–H groups in total. The summed E-state index contributed by atoms with van der Waals surface area (Å²) in [6.07, 6.45) is 2.62. The van der Waals surface area contributed by atoms with Crippen LogP contribution in [0.2, 0.25) is 0 Å². The average Bonchev–Trinajstić information content (AvgIpc) is 2.62. The quantitative estimate of drug-likeness (QED) is 0.824. The first-order valence-corrected chi connectivity index (χ1v) is 6.01. The van der Waals surface area contributed by atoms with Gasteiger partial charge in [-0.1, -0.05) is 6.92 Å². The van der Waals surface area contributed by atoms with Crippen molar-refractivity contribution in [3.8, 4) is 0 Å². The molecule has 0 spiro atoms. The van der Waals surface area contributed by atoms with Crippen molar-refractivity contribution in [3.05, 3.63) is 23.8 Å². The molecule has 0 aromatic carbocycles. The van der Waals surface area contributed by atoms with Crippen LogP contribution in [0.15, 0.2) is 12.3 Å². The maximum atomic E-state index is 12.0. The molecule has 92 valence electrons. The van der Waals surface area contributed by atoms with Crippen molar-refractivity contribution in [1.29, 1.82) is 0 Å². The van der Waals surface area contributed by atoms with Gasteiger partial charge in [-0.3, -0.25) is 4.79 Å². The number of likely N-dealkylation sites (N-methyl/N-ethyl adjacent to an activating group) is 1. The number of carbonyl (C=O) groups excluding carboxylic acids is 1. The van der Waals surface area contributed by atoms with E-state index in [0.29, 0.717) is 6.54 Å². The Balaban J connectivity index is 1.99. The molecule has 0 bridgehead atoms. The van der Waals surface area contributed by atoms with Crippen LogP contribution in [0, 0.1) is 6.92 Å². The predicted molar refractivity (Wildman–Crippen MR) is 64.3 cm³/mol. The molecule has 1 fully saturated rings. The number of nitrogens with one attached hydrogen (secondary N) is 1. The third-order valence-electron chi connectivity index (χ3n) is 2.93. The van der Waals surface area contributed by atoms with Crippen molar-refractivity contribution in [2.24, 2.45) is 0 Å². The fourth-order valence-electron chi connectivity index (χ4n) is 2.12. The summed E-state index contributed by atoms with van der Waals surface area (Å²) >= 11 is 0. The van der Waals surface area contributed by atoms with Crippen LogP contribution in [0.25, 0.3) is 0 Å². The topological polar surface area (TPSA) is 58.1 Å². The van der Waals surface area contributed by atoms with E-state index in [2.05, 4.69) is 15.3 Å². The molecule has 2 rings (SSSR count). The highest BCUT2D eigenvalue weighted by molar-refractivity contribution is 5.83. The van der Waals surface area contributed by atoms with Gasteiger partial charge in [0.25, 0.3) is 0 Å². The number of hydrogen-bond donors (Lipinski definition) is 1. The van der Waals surface area contributed by atoms with E-state index in [1.165, 1.54) is 0 Å². The molecule has 5 heteroatoms. The van der Waals surface area contributed by atoms with E-state index in [9.17, 15) is 4.79 Å². The number of likely N-dealkylation sites (tertiary alicyclic amines) is 1. The Hall–Kier alpha value is -1.49. The van der Waals surface area contributed by atoms with Crippen LogP contribution in [-0.2, 0) is 11.3 Å². The zero-order chi connectivity index (χ0) is 12.3. The Bertz CT molecular complexity index is 407. The third kappa shape index (κ3) is 2.79. The standard InChI is InChI=1S/C12H18N4O/c1-3-13-11-5-7-16(12(11)17)8-10-4-6-14-9(2)15-10/h4,6,11,13H,3,5,7-8H2,1-2H3. The molecule has 5 nitrogen and oxygen atoms in total. The zero-order valence-corrected chi connectivity index (χ0v) is 10.3. The molecule has 0 radical (unpaired) electrons. The van der Waals surface area contributed by atoms with Crippen LogP contribution < -0.4 is 5.32 Å². The minimum Gasteiger partial charge on any atom is -0.335 e. The summed E-state index contributed by atoms with van der Waals surface area (Å²) in [5.74, 6) is 0.931. The van der Waals surface area contributed by atoms with Gasteiger partial charge in [0, 0.05) is 12.7 Å². The predicted octanol–water partition coefficient (Wildman–Crippen LogP) is 0.495. The Labute approximate surface area is 101 Å². The maximum absolute atomic E-state index is 12.0. The molecule has 1 aromatic heterocycles. The fraction of sp³-hybridized carbons (Fsp3) is 0.583. The summed E-state index contributed by atoms with van der Waals surface area (Å²) in [6, 6.07) is 1.85. The van der Waals surface area contributed by atoms with E-state index in [-0.39, 0.29) is 11.9 Å². The highest BCUT2D eigenvalue weighted by Crippen LogP contribution is 2.13. The first kappa shape index (κ1) is 12.0. The molecule has 1 atom stereocenters. The lowest BCUT2D eigenvalue weighted by molar-refractivity contribution is -0.129. The van der Waals surface area contributed by atoms with Gasteiger partial charge in [0.1, 0.15) is 5.82 Å². The van der Waals surface area contributed by atoms with Crippen molar-refractivity contribution in [2.45, 2.75) is 32.9 Å². The monoisotopic (exact) mass is 234 g/mol. The lowest BCUT2D eigenvalue weighted by Crippen LogP contribution is -2.37. The summed E-state index contributed by atoms with van der Waals surface area (Å²) in [4.78, 5) is 22.2. The SMILES string of the molecule is CCNC1CCN(Cc2ccnc(C)n2)C1=O. The van der Waals surface area contributed by atoms with Gasteiger partial charge in [-0.2, -0.15) is 0 Å². The van der Waals surface area contributed by atoms with E-state index in [4.69, 9.17) is 0 Å². The smallest absolute Gasteiger partial charge is 0.240 e. The van der Waals surface area contributed by atoms with Crippen molar-refractivity contribution in [3.63, 3.8) is 0 Å². The summed E-state index contributed by atoms with van der Waals surface area (Å²) in [6.45, 7) is 6.10. The molecule has 17 heavy (non-hydrogen) atoms. The highest BCUT2D eigenvalue weighted by Gasteiger charge is 2.30. The molecule has 1 aromatic rings. The maximum Gasteiger partial charge on any atom is 0.240 e. The lowest BCUT2D eigenvalue weighted by Gasteiger charge is -2.16. The molecule has 2 heterocycles. The average molecular weight is 234 g/mol. The van der Waals surface area contributed by atoms with Crippen LogP contribution in [0.4, 0.5) is 0 Å². The fourth-order valence-corrected chi connectivity index (χ4v) is 2.12.